The van der Waals surface area contributed by atoms with Gasteiger partial charge in [-0.1, -0.05) is 0 Å². The predicted octanol–water partition coefficient (Wildman–Crippen LogP) is 2.85. The third kappa shape index (κ3) is 3.36. The van der Waals surface area contributed by atoms with E-state index in [1.807, 2.05) is 23.7 Å². The number of anilines is 1. The second kappa shape index (κ2) is 6.74. The van der Waals surface area contributed by atoms with Crippen molar-refractivity contribution >= 4 is 22.6 Å². The Labute approximate surface area is 133 Å². The third-order valence-corrected chi connectivity index (χ3v) is 4.49. The summed E-state index contributed by atoms with van der Waals surface area (Å²) in [5.41, 5.74) is 1.96. The molecule has 1 fully saturated rings. The molecule has 0 aliphatic carbocycles. The van der Waals surface area contributed by atoms with E-state index < -0.39 is 0 Å². The summed E-state index contributed by atoms with van der Waals surface area (Å²) in [5, 5.41) is 6.40. The van der Waals surface area contributed by atoms with Gasteiger partial charge < -0.3 is 15.0 Å². The van der Waals surface area contributed by atoms with Crippen LogP contribution in [0.3, 0.4) is 0 Å². The summed E-state index contributed by atoms with van der Waals surface area (Å²) in [6.45, 7) is 1.43. The fourth-order valence-corrected chi connectivity index (χ4v) is 3.29. The average molecular weight is 318 g/mol. The van der Waals surface area contributed by atoms with Crippen molar-refractivity contribution in [3.63, 3.8) is 0 Å². The highest BCUT2D eigenvalue weighted by Gasteiger charge is 2.23. The van der Waals surface area contributed by atoms with Gasteiger partial charge in [-0.3, -0.25) is 4.98 Å². The first-order valence-electron chi connectivity index (χ1n) is 7.21. The van der Waals surface area contributed by atoms with Gasteiger partial charge in [0.1, 0.15) is 0 Å². The Hall–Kier alpha value is -2.15. The second-order valence-electron chi connectivity index (χ2n) is 5.16. The molecule has 22 heavy (non-hydrogen) atoms. The zero-order chi connectivity index (χ0) is 15.4. The number of hydrogen-bond donors (Lipinski definition) is 1. The number of methoxy groups -OCH3 is 1. The van der Waals surface area contributed by atoms with E-state index >= 15 is 0 Å². The zero-order valence-electron chi connectivity index (χ0n) is 12.4. The Morgan fingerprint density at radius 2 is 2.27 bits per heavy atom. The van der Waals surface area contributed by atoms with Crippen molar-refractivity contribution in [2.75, 3.05) is 25.5 Å². The largest absolute Gasteiger partial charge is 0.453 e. The monoisotopic (exact) mass is 318 g/mol. The molecular formula is C15H18N4O2S. The Morgan fingerprint density at radius 1 is 1.45 bits per heavy atom. The lowest BCUT2D eigenvalue weighted by Crippen LogP contribution is -2.42. The normalized spacial score (nSPS) is 15.6. The smallest absolute Gasteiger partial charge is 0.409 e. The number of thiazole rings is 1. The van der Waals surface area contributed by atoms with Gasteiger partial charge in [-0.2, -0.15) is 0 Å². The van der Waals surface area contributed by atoms with Crippen molar-refractivity contribution in [1.82, 2.24) is 14.9 Å². The van der Waals surface area contributed by atoms with Crippen LogP contribution in [-0.4, -0.2) is 47.2 Å². The molecule has 0 radical (unpaired) electrons. The first kappa shape index (κ1) is 14.8. The van der Waals surface area contributed by atoms with E-state index in [0.29, 0.717) is 19.1 Å². The summed E-state index contributed by atoms with van der Waals surface area (Å²) in [7, 11) is 1.42. The number of aromatic nitrogens is 2. The van der Waals surface area contributed by atoms with Crippen LogP contribution < -0.4 is 5.32 Å². The van der Waals surface area contributed by atoms with Crippen LogP contribution >= 0.6 is 11.3 Å². The number of hydrogen-bond acceptors (Lipinski definition) is 6. The molecule has 3 heterocycles. The number of nitrogens with one attached hydrogen (secondary N) is 1. The first-order valence-corrected chi connectivity index (χ1v) is 8.09. The van der Waals surface area contributed by atoms with Gasteiger partial charge in [0, 0.05) is 42.5 Å². The van der Waals surface area contributed by atoms with Crippen LogP contribution in [-0.2, 0) is 4.74 Å². The molecule has 0 unspecified atom stereocenters. The van der Waals surface area contributed by atoms with Crippen LogP contribution in [0.15, 0.2) is 29.9 Å². The topological polar surface area (TPSA) is 67.3 Å². The summed E-state index contributed by atoms with van der Waals surface area (Å²) in [6, 6.07) is 4.25. The highest BCUT2D eigenvalue weighted by Crippen LogP contribution is 2.26. The summed E-state index contributed by atoms with van der Waals surface area (Å²) in [4.78, 5) is 21.9. The molecular weight excluding hydrogens is 300 g/mol. The van der Waals surface area contributed by atoms with Crippen LogP contribution in [0.1, 0.15) is 12.8 Å². The maximum absolute atomic E-state index is 11.5. The van der Waals surface area contributed by atoms with Crippen molar-refractivity contribution in [3.05, 3.63) is 29.9 Å². The van der Waals surface area contributed by atoms with Crippen LogP contribution in [0, 0.1) is 0 Å². The molecule has 6 nitrogen and oxygen atoms in total. The van der Waals surface area contributed by atoms with Gasteiger partial charge in [0.2, 0.25) is 0 Å². The molecule has 0 spiro atoms. The maximum Gasteiger partial charge on any atom is 0.409 e. The van der Waals surface area contributed by atoms with E-state index in [-0.39, 0.29) is 6.09 Å². The molecule has 1 N–H and O–H groups in total. The van der Waals surface area contributed by atoms with E-state index in [4.69, 9.17) is 4.74 Å². The van der Waals surface area contributed by atoms with Crippen LogP contribution in [0.25, 0.3) is 11.3 Å². The van der Waals surface area contributed by atoms with E-state index in [9.17, 15) is 4.79 Å². The molecule has 1 aliphatic rings. The number of carbonyl (C=O) groups is 1. The van der Waals surface area contributed by atoms with Crippen molar-refractivity contribution in [1.29, 1.82) is 0 Å². The first-order chi connectivity index (χ1) is 10.8. The van der Waals surface area contributed by atoms with E-state index in [1.165, 1.54) is 7.11 Å². The number of piperidine rings is 1. The van der Waals surface area contributed by atoms with E-state index in [2.05, 4.69) is 15.3 Å². The van der Waals surface area contributed by atoms with Gasteiger partial charge in [-0.25, -0.2) is 9.78 Å². The fraction of sp³-hybridized carbons (Fsp3) is 0.400. The Morgan fingerprint density at radius 3 is 2.95 bits per heavy atom. The minimum atomic E-state index is -0.244. The Kier molecular flexibility index (Phi) is 4.53. The minimum absolute atomic E-state index is 0.244. The predicted molar refractivity (Wildman–Crippen MR) is 86.0 cm³/mol. The number of amides is 1. The van der Waals surface area contributed by atoms with Crippen LogP contribution in [0.5, 0.6) is 0 Å². The molecule has 7 heteroatoms. The molecule has 2 aromatic heterocycles. The van der Waals surface area contributed by atoms with E-state index in [0.717, 1.165) is 29.2 Å². The number of ether oxygens (including phenoxy) is 1. The van der Waals surface area contributed by atoms with Gasteiger partial charge in [0.25, 0.3) is 0 Å². The van der Waals surface area contributed by atoms with E-state index in [1.54, 1.807) is 22.4 Å². The maximum atomic E-state index is 11.5. The summed E-state index contributed by atoms with van der Waals surface area (Å²) in [6.07, 6.45) is 5.12. The highest BCUT2D eigenvalue weighted by atomic mass is 32.1. The van der Waals surface area contributed by atoms with Gasteiger partial charge in [-0.15, -0.1) is 11.3 Å². The average Bonchev–Trinajstić information content (AvgIpc) is 3.04. The quantitative estimate of drug-likeness (QED) is 0.942. The van der Waals surface area contributed by atoms with Crippen molar-refractivity contribution in [2.24, 2.45) is 0 Å². The molecule has 0 bridgehead atoms. The lowest BCUT2D eigenvalue weighted by atomic mass is 10.1. The van der Waals surface area contributed by atoms with Gasteiger partial charge in [-0.05, 0) is 25.0 Å². The number of pyridine rings is 1. The molecule has 2 aromatic rings. The SMILES string of the molecule is COC(=O)N1CCC(Nc2nc(-c3cccnc3)cs2)CC1. The Balaban J connectivity index is 1.57. The molecule has 0 saturated carbocycles. The summed E-state index contributed by atoms with van der Waals surface area (Å²) in [5.74, 6) is 0. The number of rotatable bonds is 3. The Bertz CT molecular complexity index is 623. The lowest BCUT2D eigenvalue weighted by Gasteiger charge is -2.31. The number of likely N-dealkylation sites (tertiary alicyclic amines) is 1. The molecule has 3 rings (SSSR count). The van der Waals surface area contributed by atoms with Gasteiger partial charge in [0.15, 0.2) is 5.13 Å². The summed E-state index contributed by atoms with van der Waals surface area (Å²) >= 11 is 1.59. The van der Waals surface area contributed by atoms with Crippen molar-refractivity contribution < 1.29 is 9.53 Å². The van der Waals surface area contributed by atoms with Crippen molar-refractivity contribution in [2.45, 2.75) is 18.9 Å². The fourth-order valence-electron chi connectivity index (χ4n) is 2.50. The number of nitrogens with zero attached hydrogens (tertiary/aromatic N) is 3. The molecule has 1 saturated heterocycles. The molecule has 1 amide bonds. The zero-order valence-corrected chi connectivity index (χ0v) is 13.2. The standard InChI is InChI=1S/C15H18N4O2S/c1-21-15(20)19-7-4-12(5-8-19)17-14-18-13(10-22-14)11-3-2-6-16-9-11/h2-3,6,9-10,12H,4-5,7-8H2,1H3,(H,17,18). The molecule has 1 aliphatic heterocycles. The third-order valence-electron chi connectivity index (χ3n) is 3.72. The van der Waals surface area contributed by atoms with Gasteiger partial charge in [0.05, 0.1) is 12.8 Å². The van der Waals surface area contributed by atoms with Crippen LogP contribution in [0.4, 0.5) is 9.93 Å². The van der Waals surface area contributed by atoms with Crippen molar-refractivity contribution in [3.8, 4) is 11.3 Å². The molecule has 0 aromatic carbocycles. The van der Waals surface area contributed by atoms with Crippen LogP contribution in [0.2, 0.25) is 0 Å². The number of carbonyl (C=O) groups excluding carboxylic acids is 1. The molecule has 0 atom stereocenters. The van der Waals surface area contributed by atoms with Gasteiger partial charge >= 0.3 is 6.09 Å². The lowest BCUT2D eigenvalue weighted by molar-refractivity contribution is 0.113. The summed E-state index contributed by atoms with van der Waals surface area (Å²) < 4.78 is 4.75. The molecule has 116 valence electrons. The highest BCUT2D eigenvalue weighted by molar-refractivity contribution is 7.14. The minimum Gasteiger partial charge on any atom is -0.453 e. The second-order valence-corrected chi connectivity index (χ2v) is 6.01.